The van der Waals surface area contributed by atoms with Gasteiger partial charge in [0.1, 0.15) is 35.6 Å². The molecule has 1 heterocycles. The van der Waals surface area contributed by atoms with Crippen molar-refractivity contribution >= 4 is 17.9 Å². The predicted molar refractivity (Wildman–Crippen MR) is 128 cm³/mol. The van der Waals surface area contributed by atoms with Crippen LogP contribution >= 0.6 is 0 Å². The van der Waals surface area contributed by atoms with E-state index in [1.165, 1.54) is 0 Å². The van der Waals surface area contributed by atoms with Gasteiger partial charge >= 0.3 is 12.1 Å². The van der Waals surface area contributed by atoms with Crippen molar-refractivity contribution in [2.45, 2.75) is 65.3 Å². The lowest BCUT2D eigenvalue weighted by molar-refractivity contribution is -0.145. The number of aliphatic imine (C=N–C) groups is 1. The molecular formula is C26H32N2O6. The number of carbonyl (C=O) groups excluding carboxylic acids is 2. The van der Waals surface area contributed by atoms with Gasteiger partial charge in [0.05, 0.1) is 13.0 Å². The first-order valence-electron chi connectivity index (χ1n) is 11.4. The molecule has 2 N–H and O–H groups in total. The minimum absolute atomic E-state index is 0.0951. The standard InChI is InChI=1S/C26H32N2O6/c1-5-31-23(29)15-21-11-10-19-14-20(12-13-22(19)33-21)32-16-17-6-8-18(9-7-17)24(27)28-25(30)34-26(2,3)4/h6-9,12-14,21H,5,10-11,15-16H2,1-4H3,(H2,27,28,30). The lowest BCUT2D eigenvalue weighted by Gasteiger charge is -2.26. The van der Waals surface area contributed by atoms with E-state index in [0.717, 1.165) is 35.5 Å². The maximum Gasteiger partial charge on any atom is 0.436 e. The molecular weight excluding hydrogens is 436 g/mol. The minimum atomic E-state index is -0.721. The van der Waals surface area contributed by atoms with Gasteiger partial charge in [0.25, 0.3) is 0 Å². The van der Waals surface area contributed by atoms with Crippen LogP contribution in [0.1, 0.15) is 57.2 Å². The topological polar surface area (TPSA) is 109 Å². The molecule has 2 aromatic rings. The summed E-state index contributed by atoms with van der Waals surface area (Å²) in [5.74, 6) is 1.37. The van der Waals surface area contributed by atoms with Crippen LogP contribution in [0.5, 0.6) is 11.5 Å². The number of nitrogens with two attached hydrogens (primary N) is 1. The smallest absolute Gasteiger partial charge is 0.436 e. The summed E-state index contributed by atoms with van der Waals surface area (Å²) in [5, 5.41) is 0. The molecule has 0 saturated heterocycles. The summed E-state index contributed by atoms with van der Waals surface area (Å²) in [4.78, 5) is 27.3. The first kappa shape index (κ1) is 25.1. The highest BCUT2D eigenvalue weighted by Gasteiger charge is 2.23. The Kier molecular flexibility index (Phi) is 8.15. The van der Waals surface area contributed by atoms with Gasteiger partial charge in [-0.3, -0.25) is 4.79 Å². The van der Waals surface area contributed by atoms with Crippen LogP contribution in [0.25, 0.3) is 0 Å². The number of fused-ring (bicyclic) bond motifs is 1. The highest BCUT2D eigenvalue weighted by atomic mass is 16.6. The van der Waals surface area contributed by atoms with E-state index in [1.807, 2.05) is 30.3 Å². The van der Waals surface area contributed by atoms with Gasteiger partial charge in [-0.1, -0.05) is 24.3 Å². The molecule has 2 aromatic carbocycles. The molecule has 0 saturated carbocycles. The summed E-state index contributed by atoms with van der Waals surface area (Å²) in [6.45, 7) is 7.84. The van der Waals surface area contributed by atoms with Crippen molar-refractivity contribution in [3.63, 3.8) is 0 Å². The molecule has 0 aliphatic carbocycles. The summed E-state index contributed by atoms with van der Waals surface area (Å²) in [7, 11) is 0. The van der Waals surface area contributed by atoms with E-state index in [-0.39, 0.29) is 24.3 Å². The Morgan fingerprint density at radius 1 is 1.15 bits per heavy atom. The highest BCUT2D eigenvalue weighted by molar-refractivity contribution is 6.02. The Morgan fingerprint density at radius 3 is 2.56 bits per heavy atom. The minimum Gasteiger partial charge on any atom is -0.490 e. The Morgan fingerprint density at radius 2 is 1.88 bits per heavy atom. The second kappa shape index (κ2) is 11.0. The summed E-state index contributed by atoms with van der Waals surface area (Å²) in [6, 6.07) is 13.0. The van der Waals surface area contributed by atoms with E-state index >= 15 is 0 Å². The number of ether oxygens (including phenoxy) is 4. The molecule has 182 valence electrons. The Labute approximate surface area is 200 Å². The van der Waals surface area contributed by atoms with Crippen molar-refractivity contribution in [2.75, 3.05) is 6.61 Å². The van der Waals surface area contributed by atoms with Crippen LogP contribution in [0, 0.1) is 0 Å². The van der Waals surface area contributed by atoms with E-state index in [9.17, 15) is 9.59 Å². The molecule has 1 aliphatic rings. The molecule has 3 rings (SSSR count). The summed E-state index contributed by atoms with van der Waals surface area (Å²) in [5.41, 5.74) is 7.92. The molecule has 1 amide bonds. The van der Waals surface area contributed by atoms with Crippen molar-refractivity contribution in [1.82, 2.24) is 0 Å². The molecule has 0 aromatic heterocycles. The molecule has 34 heavy (non-hydrogen) atoms. The number of aryl methyl sites for hydroxylation is 1. The van der Waals surface area contributed by atoms with Crippen LogP contribution in [0.4, 0.5) is 4.79 Å². The zero-order valence-corrected chi connectivity index (χ0v) is 20.1. The van der Waals surface area contributed by atoms with Crippen LogP contribution in [0.15, 0.2) is 47.5 Å². The average molecular weight is 469 g/mol. The fourth-order valence-corrected chi connectivity index (χ4v) is 3.45. The Bertz CT molecular complexity index is 1040. The molecule has 1 unspecified atom stereocenters. The van der Waals surface area contributed by atoms with E-state index in [4.69, 9.17) is 24.7 Å². The Hall–Kier alpha value is -3.55. The summed E-state index contributed by atoms with van der Waals surface area (Å²) in [6.07, 6.45) is 0.933. The third-order valence-corrected chi connectivity index (χ3v) is 5.02. The largest absolute Gasteiger partial charge is 0.490 e. The zero-order valence-electron chi connectivity index (χ0n) is 20.1. The van der Waals surface area contributed by atoms with Crippen LogP contribution in [-0.4, -0.2) is 36.2 Å². The number of amidine groups is 1. The Balaban J connectivity index is 1.54. The predicted octanol–water partition coefficient (Wildman–Crippen LogP) is 4.55. The number of nitrogens with zero attached hydrogens (tertiary/aromatic N) is 1. The molecule has 8 heteroatoms. The van der Waals surface area contributed by atoms with Gasteiger partial charge in [-0.15, -0.1) is 0 Å². The average Bonchev–Trinajstić information content (AvgIpc) is 2.76. The number of amides is 1. The summed E-state index contributed by atoms with van der Waals surface area (Å²) < 4.78 is 22.0. The van der Waals surface area contributed by atoms with Crippen molar-refractivity contribution in [3.05, 3.63) is 59.2 Å². The number of rotatable bonds is 7. The van der Waals surface area contributed by atoms with E-state index in [1.54, 1.807) is 39.8 Å². The number of benzene rings is 2. The van der Waals surface area contributed by atoms with Gasteiger partial charge in [0, 0.05) is 5.56 Å². The van der Waals surface area contributed by atoms with Gasteiger partial charge in [-0.05, 0) is 69.9 Å². The fraction of sp³-hybridized carbons (Fsp3) is 0.423. The quantitative estimate of drug-likeness (QED) is 0.360. The number of carbonyl (C=O) groups is 2. The molecule has 1 atom stereocenters. The van der Waals surface area contributed by atoms with Crippen molar-refractivity contribution in [3.8, 4) is 11.5 Å². The molecule has 1 aliphatic heterocycles. The van der Waals surface area contributed by atoms with Gasteiger partial charge in [0.2, 0.25) is 0 Å². The van der Waals surface area contributed by atoms with Crippen molar-refractivity contribution in [1.29, 1.82) is 0 Å². The zero-order chi connectivity index (χ0) is 24.7. The molecule has 8 nitrogen and oxygen atoms in total. The maximum absolute atomic E-state index is 11.8. The number of esters is 1. The molecule has 0 radical (unpaired) electrons. The van der Waals surface area contributed by atoms with Gasteiger partial charge in [0.15, 0.2) is 0 Å². The second-order valence-electron chi connectivity index (χ2n) is 9.02. The fourth-order valence-electron chi connectivity index (χ4n) is 3.45. The monoisotopic (exact) mass is 468 g/mol. The van der Waals surface area contributed by atoms with Crippen LogP contribution in [0.3, 0.4) is 0 Å². The molecule has 0 spiro atoms. The van der Waals surface area contributed by atoms with Gasteiger partial charge in [-0.25, -0.2) is 4.79 Å². The summed E-state index contributed by atoms with van der Waals surface area (Å²) >= 11 is 0. The third kappa shape index (κ3) is 7.50. The lowest BCUT2D eigenvalue weighted by Crippen LogP contribution is -2.26. The van der Waals surface area contributed by atoms with E-state index in [0.29, 0.717) is 18.8 Å². The third-order valence-electron chi connectivity index (χ3n) is 5.02. The first-order chi connectivity index (χ1) is 16.1. The van der Waals surface area contributed by atoms with Crippen molar-refractivity contribution < 1.29 is 28.5 Å². The lowest BCUT2D eigenvalue weighted by atomic mass is 10.0. The van der Waals surface area contributed by atoms with Crippen LogP contribution in [0.2, 0.25) is 0 Å². The van der Waals surface area contributed by atoms with Crippen LogP contribution in [-0.2, 0) is 27.3 Å². The second-order valence-corrected chi connectivity index (χ2v) is 9.02. The number of hydrogen-bond acceptors (Lipinski definition) is 6. The molecule has 0 bridgehead atoms. The van der Waals surface area contributed by atoms with Gasteiger partial charge in [-0.2, -0.15) is 4.99 Å². The van der Waals surface area contributed by atoms with Gasteiger partial charge < -0.3 is 24.7 Å². The maximum atomic E-state index is 11.8. The normalized spacial score (nSPS) is 15.6. The highest BCUT2D eigenvalue weighted by Crippen LogP contribution is 2.32. The van der Waals surface area contributed by atoms with Crippen molar-refractivity contribution in [2.24, 2.45) is 10.7 Å². The van der Waals surface area contributed by atoms with Crippen LogP contribution < -0.4 is 15.2 Å². The number of hydrogen-bond donors (Lipinski definition) is 1. The van der Waals surface area contributed by atoms with E-state index < -0.39 is 11.7 Å². The SMILES string of the molecule is CCOC(=O)CC1CCc2cc(OCc3ccc(C(N)=NC(=O)OC(C)(C)C)cc3)ccc2O1. The van der Waals surface area contributed by atoms with E-state index in [2.05, 4.69) is 4.99 Å². The molecule has 0 fully saturated rings. The first-order valence-corrected chi connectivity index (χ1v) is 11.4.